The van der Waals surface area contributed by atoms with Gasteiger partial charge in [-0.05, 0) is 12.1 Å². The maximum absolute atomic E-state index is 13.5. The van der Waals surface area contributed by atoms with Gasteiger partial charge in [0.2, 0.25) is 0 Å². The SMILES string of the molecule is O=S(=O)(Cl)c1ccc(C(F)(C(F)(F)F)C(F)(F)F)cc1. The Balaban J connectivity index is 3.47. The van der Waals surface area contributed by atoms with E-state index in [0.29, 0.717) is 12.1 Å². The average molecular weight is 345 g/mol. The molecule has 0 aliphatic heterocycles. The molecule has 0 aliphatic carbocycles. The Morgan fingerprint density at radius 1 is 0.800 bits per heavy atom. The van der Waals surface area contributed by atoms with Gasteiger partial charge < -0.3 is 0 Å². The fourth-order valence-electron chi connectivity index (χ4n) is 1.34. The first kappa shape index (κ1) is 17.0. The van der Waals surface area contributed by atoms with E-state index in [0.717, 1.165) is 0 Å². The fourth-order valence-corrected chi connectivity index (χ4v) is 2.10. The van der Waals surface area contributed by atoms with Crippen molar-refractivity contribution in [3.63, 3.8) is 0 Å². The monoisotopic (exact) mass is 344 g/mol. The third-order valence-electron chi connectivity index (χ3n) is 2.31. The molecular formula is C9H4ClF7O2S. The summed E-state index contributed by atoms with van der Waals surface area (Å²) in [5, 5.41) is 0. The topological polar surface area (TPSA) is 34.1 Å². The van der Waals surface area contributed by atoms with Crippen LogP contribution in [0.15, 0.2) is 29.2 Å². The number of hydrogen-bond donors (Lipinski definition) is 0. The second kappa shape index (κ2) is 4.76. The Bertz CT molecular complexity index is 574. The molecule has 0 saturated carbocycles. The van der Waals surface area contributed by atoms with Crippen LogP contribution in [-0.2, 0) is 14.7 Å². The van der Waals surface area contributed by atoms with Crippen molar-refractivity contribution in [1.29, 1.82) is 0 Å². The first-order chi connectivity index (χ1) is 8.71. The minimum atomic E-state index is -6.26. The van der Waals surface area contributed by atoms with E-state index in [1.807, 2.05) is 0 Å². The Morgan fingerprint density at radius 3 is 1.40 bits per heavy atom. The summed E-state index contributed by atoms with van der Waals surface area (Å²) in [6, 6.07) is 0.833. The summed E-state index contributed by atoms with van der Waals surface area (Å²) in [6.45, 7) is 0. The summed E-state index contributed by atoms with van der Waals surface area (Å²) in [5.41, 5.74) is -7.39. The van der Waals surface area contributed by atoms with E-state index in [9.17, 15) is 39.2 Å². The molecule has 11 heteroatoms. The Hall–Kier alpha value is -1.03. The summed E-state index contributed by atoms with van der Waals surface area (Å²) in [7, 11) is 0.490. The van der Waals surface area contributed by atoms with E-state index >= 15 is 0 Å². The van der Waals surface area contributed by atoms with Crippen LogP contribution >= 0.6 is 10.7 Å². The zero-order valence-corrected chi connectivity index (χ0v) is 10.6. The molecule has 0 bridgehead atoms. The molecule has 2 nitrogen and oxygen atoms in total. The number of rotatable bonds is 2. The predicted octanol–water partition coefficient (Wildman–Crippen LogP) is 3.90. The van der Waals surface area contributed by atoms with E-state index in [-0.39, 0.29) is 12.1 Å². The zero-order valence-electron chi connectivity index (χ0n) is 9.06. The third kappa shape index (κ3) is 2.85. The molecule has 0 N–H and O–H groups in total. The minimum Gasteiger partial charge on any atom is -0.218 e. The molecule has 1 rings (SSSR count). The first-order valence-electron chi connectivity index (χ1n) is 4.59. The van der Waals surface area contributed by atoms with Crippen molar-refractivity contribution in [2.75, 3.05) is 0 Å². The summed E-state index contributed by atoms with van der Waals surface area (Å²) in [6.07, 6.45) is -12.5. The fraction of sp³-hybridized carbons (Fsp3) is 0.333. The number of hydrogen-bond acceptors (Lipinski definition) is 2. The van der Waals surface area contributed by atoms with Gasteiger partial charge in [0.05, 0.1) is 4.90 Å². The van der Waals surface area contributed by atoms with Gasteiger partial charge in [-0.1, -0.05) is 12.1 Å². The van der Waals surface area contributed by atoms with Crippen LogP contribution in [0.3, 0.4) is 0 Å². The Morgan fingerprint density at radius 2 is 1.15 bits per heavy atom. The smallest absolute Gasteiger partial charge is 0.218 e. The Labute approximate surface area is 112 Å². The molecule has 0 amide bonds. The van der Waals surface area contributed by atoms with Crippen LogP contribution < -0.4 is 0 Å². The van der Waals surface area contributed by atoms with Crippen LogP contribution in [-0.4, -0.2) is 20.8 Å². The van der Waals surface area contributed by atoms with E-state index < -0.39 is 37.5 Å². The minimum absolute atomic E-state index is 0.0657. The zero-order chi connectivity index (χ0) is 16.0. The van der Waals surface area contributed by atoms with Crippen LogP contribution in [0, 0.1) is 0 Å². The highest BCUT2D eigenvalue weighted by Crippen LogP contribution is 2.53. The summed E-state index contributed by atoms with van der Waals surface area (Å²) < 4.78 is 109. The Kier molecular flexibility index (Phi) is 4.05. The van der Waals surface area contributed by atoms with Crippen molar-refractivity contribution >= 4 is 19.7 Å². The molecule has 0 aliphatic rings. The van der Waals surface area contributed by atoms with E-state index in [4.69, 9.17) is 10.7 Å². The molecule has 114 valence electrons. The predicted molar refractivity (Wildman–Crippen MR) is 54.4 cm³/mol. The average Bonchev–Trinajstić information content (AvgIpc) is 2.24. The van der Waals surface area contributed by atoms with Gasteiger partial charge in [0.15, 0.2) is 0 Å². The van der Waals surface area contributed by atoms with Crippen molar-refractivity contribution in [3.8, 4) is 0 Å². The van der Waals surface area contributed by atoms with Crippen LogP contribution in [0.4, 0.5) is 30.7 Å². The second-order valence-electron chi connectivity index (χ2n) is 3.62. The quantitative estimate of drug-likeness (QED) is 0.602. The van der Waals surface area contributed by atoms with Gasteiger partial charge in [-0.2, -0.15) is 26.3 Å². The molecule has 0 atom stereocenters. The van der Waals surface area contributed by atoms with Crippen molar-refractivity contribution in [2.24, 2.45) is 0 Å². The standard InChI is InChI=1S/C9H4ClF7O2S/c10-20(18,19)6-3-1-5(2-4-6)7(11,8(12,13)14)9(15,16)17/h1-4H. The molecule has 0 unspecified atom stereocenters. The molecule has 0 aromatic heterocycles. The van der Waals surface area contributed by atoms with Gasteiger partial charge >= 0.3 is 18.0 Å². The van der Waals surface area contributed by atoms with Crippen LogP contribution in [0.5, 0.6) is 0 Å². The van der Waals surface area contributed by atoms with Gasteiger partial charge in [0.1, 0.15) is 0 Å². The van der Waals surface area contributed by atoms with E-state index in [2.05, 4.69) is 0 Å². The molecule has 0 heterocycles. The maximum atomic E-state index is 13.5. The number of alkyl halides is 7. The highest BCUT2D eigenvalue weighted by molar-refractivity contribution is 8.13. The lowest BCUT2D eigenvalue weighted by molar-refractivity contribution is -0.348. The summed E-state index contributed by atoms with van der Waals surface area (Å²) in [4.78, 5) is -0.755. The molecular weight excluding hydrogens is 341 g/mol. The van der Waals surface area contributed by atoms with Crippen LogP contribution in [0.2, 0.25) is 0 Å². The first-order valence-corrected chi connectivity index (χ1v) is 6.90. The van der Waals surface area contributed by atoms with Crippen LogP contribution in [0.25, 0.3) is 0 Å². The van der Waals surface area contributed by atoms with Crippen molar-refractivity contribution in [2.45, 2.75) is 22.9 Å². The lowest BCUT2D eigenvalue weighted by Crippen LogP contribution is -2.50. The molecule has 0 spiro atoms. The summed E-state index contributed by atoms with van der Waals surface area (Å²) in [5.74, 6) is 0. The molecule has 1 aromatic rings. The van der Waals surface area contributed by atoms with E-state index in [1.165, 1.54) is 0 Å². The van der Waals surface area contributed by atoms with E-state index in [1.54, 1.807) is 0 Å². The highest BCUT2D eigenvalue weighted by atomic mass is 35.7. The van der Waals surface area contributed by atoms with Crippen LogP contribution in [0.1, 0.15) is 5.56 Å². The lowest BCUT2D eigenvalue weighted by Gasteiger charge is -2.30. The largest absolute Gasteiger partial charge is 0.435 e. The molecule has 0 radical (unpaired) electrons. The van der Waals surface area contributed by atoms with Crippen molar-refractivity contribution in [1.82, 2.24) is 0 Å². The summed E-state index contributed by atoms with van der Waals surface area (Å²) >= 11 is 0. The molecule has 1 aromatic carbocycles. The second-order valence-corrected chi connectivity index (χ2v) is 6.18. The van der Waals surface area contributed by atoms with Gasteiger partial charge in [0, 0.05) is 16.2 Å². The van der Waals surface area contributed by atoms with Crippen molar-refractivity contribution in [3.05, 3.63) is 29.8 Å². The van der Waals surface area contributed by atoms with Gasteiger partial charge in [0.25, 0.3) is 9.05 Å². The molecule has 0 saturated heterocycles. The lowest BCUT2D eigenvalue weighted by atomic mass is 9.94. The molecule has 0 fully saturated rings. The number of halogens is 8. The normalized spacial score (nSPS) is 14.4. The van der Waals surface area contributed by atoms with Gasteiger partial charge in [-0.15, -0.1) is 0 Å². The third-order valence-corrected chi connectivity index (χ3v) is 3.68. The van der Waals surface area contributed by atoms with Gasteiger partial charge in [-0.25, -0.2) is 12.8 Å². The molecule has 20 heavy (non-hydrogen) atoms. The number of benzene rings is 1. The van der Waals surface area contributed by atoms with Gasteiger partial charge in [-0.3, -0.25) is 0 Å². The maximum Gasteiger partial charge on any atom is 0.435 e. The van der Waals surface area contributed by atoms with Crippen molar-refractivity contribution < 1.29 is 39.2 Å². The highest BCUT2D eigenvalue weighted by Gasteiger charge is 2.73.